The van der Waals surface area contributed by atoms with E-state index >= 15 is 0 Å². The van der Waals surface area contributed by atoms with E-state index in [1.165, 1.54) is 7.11 Å². The van der Waals surface area contributed by atoms with Gasteiger partial charge in [-0.1, -0.05) is 18.2 Å². The average molecular weight is 393 g/mol. The predicted octanol–water partition coefficient (Wildman–Crippen LogP) is 3.49. The van der Waals surface area contributed by atoms with Crippen molar-refractivity contribution < 1.29 is 19.1 Å². The molecule has 0 saturated carbocycles. The Hall–Kier alpha value is -2.54. The van der Waals surface area contributed by atoms with E-state index in [1.807, 2.05) is 25.1 Å². The molecule has 0 atom stereocenters. The Balaban J connectivity index is 1.85. The molecule has 0 spiro atoms. The number of anilines is 1. The highest BCUT2D eigenvalue weighted by molar-refractivity contribution is 9.10. The van der Waals surface area contributed by atoms with E-state index in [1.54, 1.807) is 24.3 Å². The van der Waals surface area contributed by atoms with Gasteiger partial charge in [-0.3, -0.25) is 10.1 Å². The summed E-state index contributed by atoms with van der Waals surface area (Å²) in [7, 11) is 1.52. The largest absolute Gasteiger partial charge is 0.495 e. The SMILES string of the molecule is COc1cc(NC(=O)NC(=O)COc2ccccc2C)ccc1Br. The molecule has 0 radical (unpaired) electrons. The number of amides is 3. The topological polar surface area (TPSA) is 76.7 Å². The van der Waals surface area contributed by atoms with Crippen LogP contribution in [0.5, 0.6) is 11.5 Å². The number of hydrogen-bond donors (Lipinski definition) is 2. The van der Waals surface area contributed by atoms with Crippen LogP contribution in [-0.4, -0.2) is 25.7 Å². The summed E-state index contributed by atoms with van der Waals surface area (Å²) in [6, 6.07) is 11.7. The van der Waals surface area contributed by atoms with Gasteiger partial charge in [0.2, 0.25) is 0 Å². The lowest BCUT2D eigenvalue weighted by Gasteiger charge is -2.10. The summed E-state index contributed by atoms with van der Waals surface area (Å²) in [6.45, 7) is 1.63. The fraction of sp³-hybridized carbons (Fsp3) is 0.176. The van der Waals surface area contributed by atoms with Crippen LogP contribution in [0, 0.1) is 6.92 Å². The van der Waals surface area contributed by atoms with Gasteiger partial charge in [0, 0.05) is 11.8 Å². The van der Waals surface area contributed by atoms with E-state index in [2.05, 4.69) is 26.6 Å². The molecule has 0 fully saturated rings. The maximum Gasteiger partial charge on any atom is 0.325 e. The maximum absolute atomic E-state index is 11.8. The molecule has 3 amide bonds. The molecule has 2 N–H and O–H groups in total. The number of ether oxygens (including phenoxy) is 2. The molecule has 0 aliphatic carbocycles. The Kier molecular flexibility index (Phi) is 6.20. The summed E-state index contributed by atoms with van der Waals surface area (Å²) in [6.07, 6.45) is 0. The van der Waals surface area contributed by atoms with Gasteiger partial charge >= 0.3 is 6.03 Å². The lowest BCUT2D eigenvalue weighted by molar-refractivity contribution is -0.121. The Morgan fingerprint density at radius 3 is 2.58 bits per heavy atom. The first-order valence-electron chi connectivity index (χ1n) is 7.12. The van der Waals surface area contributed by atoms with Gasteiger partial charge in [-0.25, -0.2) is 4.79 Å². The van der Waals surface area contributed by atoms with Crippen molar-refractivity contribution in [2.75, 3.05) is 19.0 Å². The molecular formula is C17H17BrN2O4. The smallest absolute Gasteiger partial charge is 0.325 e. The molecule has 0 aromatic heterocycles. The molecule has 0 unspecified atom stereocenters. The van der Waals surface area contributed by atoms with Crippen molar-refractivity contribution in [2.24, 2.45) is 0 Å². The predicted molar refractivity (Wildman–Crippen MR) is 94.5 cm³/mol. The summed E-state index contributed by atoms with van der Waals surface area (Å²) in [5.41, 5.74) is 1.41. The average Bonchev–Trinajstić information content (AvgIpc) is 2.55. The van der Waals surface area contributed by atoms with Crippen LogP contribution in [-0.2, 0) is 4.79 Å². The second kappa shape index (κ2) is 8.35. The summed E-state index contributed by atoms with van der Waals surface area (Å²) < 4.78 is 11.3. The quantitative estimate of drug-likeness (QED) is 0.816. The zero-order chi connectivity index (χ0) is 17.5. The van der Waals surface area contributed by atoms with Crippen LogP contribution in [0.1, 0.15) is 5.56 Å². The highest BCUT2D eigenvalue weighted by Crippen LogP contribution is 2.27. The molecule has 0 bridgehead atoms. The van der Waals surface area contributed by atoms with Crippen LogP contribution in [0.15, 0.2) is 46.9 Å². The molecular weight excluding hydrogens is 376 g/mol. The van der Waals surface area contributed by atoms with Crippen molar-refractivity contribution in [3.8, 4) is 11.5 Å². The number of para-hydroxylation sites is 1. The van der Waals surface area contributed by atoms with Crippen LogP contribution < -0.4 is 20.1 Å². The first-order valence-corrected chi connectivity index (χ1v) is 7.91. The number of imide groups is 1. The Bertz CT molecular complexity index is 749. The van der Waals surface area contributed by atoms with E-state index in [0.717, 1.165) is 10.0 Å². The Labute approximate surface area is 148 Å². The van der Waals surface area contributed by atoms with Gasteiger partial charge in [-0.15, -0.1) is 0 Å². The summed E-state index contributed by atoms with van der Waals surface area (Å²) in [5.74, 6) is 0.632. The highest BCUT2D eigenvalue weighted by atomic mass is 79.9. The van der Waals surface area contributed by atoms with Crippen molar-refractivity contribution in [3.05, 3.63) is 52.5 Å². The van der Waals surface area contributed by atoms with Gasteiger partial charge in [-0.05, 0) is 46.6 Å². The molecule has 0 heterocycles. The molecule has 2 aromatic carbocycles. The van der Waals surface area contributed by atoms with Crippen molar-refractivity contribution >= 4 is 33.6 Å². The Morgan fingerprint density at radius 2 is 1.88 bits per heavy atom. The van der Waals surface area contributed by atoms with Crippen LogP contribution in [0.25, 0.3) is 0 Å². The number of urea groups is 1. The van der Waals surface area contributed by atoms with Crippen molar-refractivity contribution in [1.82, 2.24) is 5.32 Å². The third-order valence-electron chi connectivity index (χ3n) is 3.11. The number of methoxy groups -OCH3 is 1. The van der Waals surface area contributed by atoms with Crippen LogP contribution in [0.4, 0.5) is 10.5 Å². The van der Waals surface area contributed by atoms with E-state index in [4.69, 9.17) is 9.47 Å². The van der Waals surface area contributed by atoms with Crippen molar-refractivity contribution in [3.63, 3.8) is 0 Å². The molecule has 24 heavy (non-hydrogen) atoms. The molecule has 126 valence electrons. The number of hydrogen-bond acceptors (Lipinski definition) is 4. The lowest BCUT2D eigenvalue weighted by atomic mass is 10.2. The molecule has 0 aliphatic rings. The van der Waals surface area contributed by atoms with E-state index in [0.29, 0.717) is 17.2 Å². The van der Waals surface area contributed by atoms with Crippen LogP contribution in [0.3, 0.4) is 0 Å². The van der Waals surface area contributed by atoms with Gasteiger partial charge in [0.25, 0.3) is 5.91 Å². The van der Waals surface area contributed by atoms with Gasteiger partial charge in [0.15, 0.2) is 6.61 Å². The number of halogens is 1. The number of nitrogens with one attached hydrogen (secondary N) is 2. The first kappa shape index (κ1) is 17.8. The zero-order valence-corrected chi connectivity index (χ0v) is 14.8. The van der Waals surface area contributed by atoms with Crippen molar-refractivity contribution in [1.29, 1.82) is 0 Å². The van der Waals surface area contributed by atoms with E-state index in [-0.39, 0.29) is 6.61 Å². The molecule has 7 heteroatoms. The number of carbonyl (C=O) groups is 2. The standard InChI is InChI=1S/C17H17BrN2O4/c1-11-5-3-4-6-14(11)24-10-16(21)20-17(22)19-12-7-8-13(18)15(9-12)23-2/h3-9H,10H2,1-2H3,(H2,19,20,21,22). The number of aryl methyl sites for hydroxylation is 1. The number of benzene rings is 2. The monoisotopic (exact) mass is 392 g/mol. The minimum Gasteiger partial charge on any atom is -0.495 e. The number of carbonyl (C=O) groups excluding carboxylic acids is 2. The second-order valence-corrected chi connectivity index (χ2v) is 5.76. The van der Waals surface area contributed by atoms with Gasteiger partial charge in [0.05, 0.1) is 11.6 Å². The van der Waals surface area contributed by atoms with Crippen LogP contribution in [0.2, 0.25) is 0 Å². The molecule has 0 saturated heterocycles. The summed E-state index contributed by atoms with van der Waals surface area (Å²) in [4.78, 5) is 23.6. The van der Waals surface area contributed by atoms with Gasteiger partial charge < -0.3 is 14.8 Å². The van der Waals surface area contributed by atoms with Gasteiger partial charge in [-0.2, -0.15) is 0 Å². The molecule has 0 aliphatic heterocycles. The second-order valence-electron chi connectivity index (χ2n) is 4.91. The Morgan fingerprint density at radius 1 is 1.12 bits per heavy atom. The molecule has 2 rings (SSSR count). The highest BCUT2D eigenvalue weighted by Gasteiger charge is 2.10. The summed E-state index contributed by atoms with van der Waals surface area (Å²) in [5, 5.41) is 4.76. The summed E-state index contributed by atoms with van der Waals surface area (Å²) >= 11 is 3.32. The molecule has 6 nitrogen and oxygen atoms in total. The van der Waals surface area contributed by atoms with Crippen molar-refractivity contribution in [2.45, 2.75) is 6.92 Å². The molecule has 2 aromatic rings. The first-order chi connectivity index (χ1) is 11.5. The van der Waals surface area contributed by atoms with E-state index < -0.39 is 11.9 Å². The fourth-order valence-corrected chi connectivity index (χ4v) is 2.33. The third-order valence-corrected chi connectivity index (χ3v) is 3.77. The van der Waals surface area contributed by atoms with E-state index in [9.17, 15) is 9.59 Å². The maximum atomic E-state index is 11.8. The minimum atomic E-state index is -0.641. The van der Waals surface area contributed by atoms with Gasteiger partial charge in [0.1, 0.15) is 11.5 Å². The third kappa shape index (κ3) is 4.99. The number of rotatable bonds is 5. The fourth-order valence-electron chi connectivity index (χ4n) is 1.92. The van der Waals surface area contributed by atoms with Crippen LogP contribution >= 0.6 is 15.9 Å². The zero-order valence-electron chi connectivity index (χ0n) is 13.3. The minimum absolute atomic E-state index is 0.248. The normalized spacial score (nSPS) is 9.96. The lowest BCUT2D eigenvalue weighted by Crippen LogP contribution is -2.37.